The first-order chi connectivity index (χ1) is 11.0. The number of hydrogen-bond donors (Lipinski definition) is 1. The summed E-state index contributed by atoms with van der Waals surface area (Å²) in [5.74, 6) is 0.254. The number of anilines is 1. The lowest BCUT2D eigenvalue weighted by atomic mass is 10.1. The Labute approximate surface area is 139 Å². The van der Waals surface area contributed by atoms with Crippen LogP contribution in [0.5, 0.6) is 0 Å². The Morgan fingerprint density at radius 2 is 1.65 bits per heavy atom. The van der Waals surface area contributed by atoms with Crippen molar-refractivity contribution in [2.45, 2.75) is 4.90 Å². The van der Waals surface area contributed by atoms with Gasteiger partial charge >= 0.3 is 0 Å². The van der Waals surface area contributed by atoms with Gasteiger partial charge in [0, 0.05) is 16.8 Å². The minimum atomic E-state index is -3.71. The lowest BCUT2D eigenvalue weighted by Gasteiger charge is -2.08. The van der Waals surface area contributed by atoms with Crippen molar-refractivity contribution in [2.24, 2.45) is 0 Å². The fraction of sp³-hybridized carbons (Fsp3) is 0. The van der Waals surface area contributed by atoms with E-state index in [1.54, 1.807) is 24.4 Å². The van der Waals surface area contributed by atoms with Gasteiger partial charge in [0.1, 0.15) is 5.82 Å². The monoisotopic (exact) mass is 344 g/mol. The molecule has 6 heteroatoms. The van der Waals surface area contributed by atoms with Gasteiger partial charge in [-0.05, 0) is 35.9 Å². The number of pyridine rings is 1. The zero-order chi connectivity index (χ0) is 16.3. The molecular weight excluding hydrogens is 332 g/mol. The second-order valence-electron chi connectivity index (χ2n) is 4.86. The number of rotatable bonds is 4. The van der Waals surface area contributed by atoms with E-state index in [2.05, 4.69) is 9.71 Å². The predicted octanol–water partition coefficient (Wildman–Crippen LogP) is 4.20. The third kappa shape index (κ3) is 3.70. The molecule has 1 heterocycles. The molecule has 0 saturated heterocycles. The minimum Gasteiger partial charge on any atom is -0.263 e. The molecule has 23 heavy (non-hydrogen) atoms. The summed E-state index contributed by atoms with van der Waals surface area (Å²) in [7, 11) is -3.71. The van der Waals surface area contributed by atoms with E-state index >= 15 is 0 Å². The van der Waals surface area contributed by atoms with Gasteiger partial charge in [0.05, 0.1) is 4.90 Å². The molecule has 0 atom stereocenters. The Morgan fingerprint density at radius 3 is 2.30 bits per heavy atom. The first kappa shape index (κ1) is 15.5. The van der Waals surface area contributed by atoms with E-state index < -0.39 is 10.0 Å². The molecule has 2 aromatic carbocycles. The third-order valence-electron chi connectivity index (χ3n) is 3.22. The van der Waals surface area contributed by atoms with Gasteiger partial charge in [0.15, 0.2) is 0 Å². The van der Waals surface area contributed by atoms with Crippen molar-refractivity contribution in [3.05, 3.63) is 77.9 Å². The first-order valence-electron chi connectivity index (χ1n) is 6.84. The smallest absolute Gasteiger partial charge is 0.263 e. The second-order valence-corrected chi connectivity index (χ2v) is 6.98. The van der Waals surface area contributed by atoms with Crippen LogP contribution in [0.15, 0.2) is 77.8 Å². The summed E-state index contributed by atoms with van der Waals surface area (Å²) in [6.07, 6.45) is 1.63. The summed E-state index contributed by atoms with van der Waals surface area (Å²) >= 11 is 5.83. The highest BCUT2D eigenvalue weighted by Crippen LogP contribution is 2.21. The molecule has 0 fully saturated rings. The molecule has 0 aliphatic heterocycles. The normalized spacial score (nSPS) is 11.2. The summed E-state index contributed by atoms with van der Waals surface area (Å²) in [5.41, 5.74) is 1.93. The fourth-order valence-electron chi connectivity index (χ4n) is 2.09. The first-order valence-corrected chi connectivity index (χ1v) is 8.70. The fourth-order valence-corrected chi connectivity index (χ4v) is 3.40. The van der Waals surface area contributed by atoms with Crippen molar-refractivity contribution in [3.8, 4) is 11.1 Å². The lowest BCUT2D eigenvalue weighted by molar-refractivity contribution is 0.601. The summed E-state index contributed by atoms with van der Waals surface area (Å²) in [4.78, 5) is 4.26. The van der Waals surface area contributed by atoms with Crippen LogP contribution in [0.3, 0.4) is 0 Å². The number of hydrogen-bond acceptors (Lipinski definition) is 3. The van der Waals surface area contributed by atoms with Crippen LogP contribution in [0.1, 0.15) is 0 Å². The molecule has 0 spiro atoms. The Balaban J connectivity index is 1.83. The van der Waals surface area contributed by atoms with Gasteiger partial charge in [-0.15, -0.1) is 0 Å². The second kappa shape index (κ2) is 6.40. The molecule has 0 radical (unpaired) electrons. The highest BCUT2D eigenvalue weighted by Gasteiger charge is 2.15. The number of nitrogens with one attached hydrogen (secondary N) is 1. The van der Waals surface area contributed by atoms with Crippen LogP contribution in [0.4, 0.5) is 5.82 Å². The standard InChI is InChI=1S/C17H13ClN2O2S/c18-15-7-4-8-16(11-15)23(21,22)20-17-10-9-14(12-19-17)13-5-2-1-3-6-13/h1-12H,(H,19,20). The van der Waals surface area contributed by atoms with E-state index in [9.17, 15) is 8.42 Å². The maximum absolute atomic E-state index is 12.3. The van der Waals surface area contributed by atoms with E-state index in [1.807, 2.05) is 36.4 Å². The van der Waals surface area contributed by atoms with Gasteiger partial charge in [0.2, 0.25) is 0 Å². The van der Waals surface area contributed by atoms with Crippen LogP contribution in [0.2, 0.25) is 5.02 Å². The largest absolute Gasteiger partial charge is 0.263 e. The van der Waals surface area contributed by atoms with Crippen molar-refractivity contribution in [1.82, 2.24) is 4.98 Å². The molecule has 3 rings (SSSR count). The quantitative estimate of drug-likeness (QED) is 0.771. The molecule has 116 valence electrons. The van der Waals surface area contributed by atoms with E-state index in [0.29, 0.717) is 5.02 Å². The van der Waals surface area contributed by atoms with Crippen LogP contribution in [0, 0.1) is 0 Å². The molecular formula is C17H13ClN2O2S. The summed E-state index contributed by atoms with van der Waals surface area (Å²) in [5, 5.41) is 0.361. The number of benzene rings is 2. The van der Waals surface area contributed by atoms with Crippen LogP contribution in [-0.4, -0.2) is 13.4 Å². The van der Waals surface area contributed by atoms with Crippen LogP contribution < -0.4 is 4.72 Å². The zero-order valence-electron chi connectivity index (χ0n) is 12.0. The Bertz CT molecular complexity index is 911. The number of halogens is 1. The highest BCUT2D eigenvalue weighted by molar-refractivity contribution is 7.92. The molecule has 0 bridgehead atoms. The number of nitrogens with zero attached hydrogens (tertiary/aromatic N) is 1. The van der Waals surface area contributed by atoms with E-state index in [-0.39, 0.29) is 10.7 Å². The third-order valence-corrected chi connectivity index (χ3v) is 4.80. The molecule has 3 aromatic rings. The zero-order valence-corrected chi connectivity index (χ0v) is 13.6. The molecule has 0 aliphatic rings. The van der Waals surface area contributed by atoms with Gasteiger partial charge in [-0.2, -0.15) is 0 Å². The summed E-state index contributed by atoms with van der Waals surface area (Å²) < 4.78 is 27.0. The Morgan fingerprint density at radius 1 is 0.870 bits per heavy atom. The highest BCUT2D eigenvalue weighted by atomic mass is 35.5. The molecule has 0 saturated carbocycles. The molecule has 0 aliphatic carbocycles. The molecule has 0 amide bonds. The Hall–Kier alpha value is -2.37. The van der Waals surface area contributed by atoms with Crippen molar-refractivity contribution in [1.29, 1.82) is 0 Å². The van der Waals surface area contributed by atoms with E-state index in [1.165, 1.54) is 12.1 Å². The average molecular weight is 345 g/mol. The SMILES string of the molecule is O=S(=O)(Nc1ccc(-c2ccccc2)cn1)c1cccc(Cl)c1. The molecule has 4 nitrogen and oxygen atoms in total. The maximum Gasteiger partial charge on any atom is 0.263 e. The van der Waals surface area contributed by atoms with Crippen molar-refractivity contribution >= 4 is 27.4 Å². The van der Waals surface area contributed by atoms with Gasteiger partial charge in [-0.3, -0.25) is 4.72 Å². The number of sulfonamides is 1. The maximum atomic E-state index is 12.3. The van der Waals surface area contributed by atoms with Crippen molar-refractivity contribution in [3.63, 3.8) is 0 Å². The van der Waals surface area contributed by atoms with Gasteiger partial charge in [0.25, 0.3) is 10.0 Å². The van der Waals surface area contributed by atoms with E-state index in [0.717, 1.165) is 11.1 Å². The summed E-state index contributed by atoms with van der Waals surface area (Å²) in [6.45, 7) is 0. The predicted molar refractivity (Wildman–Crippen MR) is 91.9 cm³/mol. The molecule has 1 N–H and O–H groups in total. The van der Waals surface area contributed by atoms with Crippen LogP contribution in [0.25, 0.3) is 11.1 Å². The van der Waals surface area contributed by atoms with Gasteiger partial charge < -0.3 is 0 Å². The van der Waals surface area contributed by atoms with Crippen molar-refractivity contribution in [2.75, 3.05) is 4.72 Å². The molecule has 1 aromatic heterocycles. The number of aromatic nitrogens is 1. The van der Waals surface area contributed by atoms with Gasteiger partial charge in [-0.25, -0.2) is 13.4 Å². The topological polar surface area (TPSA) is 59.1 Å². The van der Waals surface area contributed by atoms with Crippen molar-refractivity contribution < 1.29 is 8.42 Å². The lowest BCUT2D eigenvalue weighted by Crippen LogP contribution is -2.13. The minimum absolute atomic E-state index is 0.0962. The van der Waals surface area contributed by atoms with Gasteiger partial charge in [-0.1, -0.05) is 48.0 Å². The molecule has 0 unspecified atom stereocenters. The Kier molecular flexibility index (Phi) is 4.32. The average Bonchev–Trinajstić information content (AvgIpc) is 2.56. The summed E-state index contributed by atoms with van der Waals surface area (Å²) in [6, 6.07) is 19.3. The van der Waals surface area contributed by atoms with Crippen LogP contribution >= 0.6 is 11.6 Å². The van der Waals surface area contributed by atoms with Crippen LogP contribution in [-0.2, 0) is 10.0 Å². The van der Waals surface area contributed by atoms with E-state index in [4.69, 9.17) is 11.6 Å².